The van der Waals surface area contributed by atoms with Gasteiger partial charge in [-0.1, -0.05) is 25.7 Å². The summed E-state index contributed by atoms with van der Waals surface area (Å²) in [6.45, 7) is 1.58. The molecule has 1 aromatic heterocycles. The van der Waals surface area contributed by atoms with Gasteiger partial charge in [-0.3, -0.25) is 4.79 Å². The zero-order valence-electron chi connectivity index (χ0n) is 13.1. The Kier molecular flexibility index (Phi) is 4.90. The summed E-state index contributed by atoms with van der Waals surface area (Å²) in [6, 6.07) is 1.86. The van der Waals surface area contributed by atoms with Crippen LogP contribution < -0.4 is 5.69 Å². The summed E-state index contributed by atoms with van der Waals surface area (Å²) >= 11 is 0. The number of carbonyl (C=O) groups excluding carboxylic acids is 1. The monoisotopic (exact) mass is 303 g/mol. The Bertz CT molecular complexity index is 563. The second-order valence-electron chi connectivity index (χ2n) is 6.70. The molecular formula is C17H25N3O2. The first-order chi connectivity index (χ1) is 10.7. The molecular weight excluding hydrogens is 278 g/mol. The van der Waals surface area contributed by atoms with Gasteiger partial charge in [0.15, 0.2) is 0 Å². The Balaban J connectivity index is 1.55. The van der Waals surface area contributed by atoms with Crippen LogP contribution in [-0.4, -0.2) is 33.9 Å². The lowest BCUT2D eigenvalue weighted by molar-refractivity contribution is -0.132. The number of likely N-dealkylation sites (tertiary alicyclic amines) is 1. The Morgan fingerprint density at radius 2 is 2.09 bits per heavy atom. The number of aromatic nitrogens is 2. The van der Waals surface area contributed by atoms with Crippen molar-refractivity contribution >= 4 is 5.91 Å². The molecule has 0 unspecified atom stereocenters. The minimum absolute atomic E-state index is 0.236. The van der Waals surface area contributed by atoms with Gasteiger partial charge in [0.05, 0.1) is 0 Å². The lowest BCUT2D eigenvalue weighted by atomic mass is 9.94. The normalized spacial score (nSPS) is 22.9. The van der Waals surface area contributed by atoms with Crippen LogP contribution in [0.1, 0.15) is 63.0 Å². The van der Waals surface area contributed by atoms with E-state index in [-0.39, 0.29) is 17.5 Å². The summed E-state index contributed by atoms with van der Waals surface area (Å²) < 4.78 is 0. The highest BCUT2D eigenvalue weighted by Gasteiger charge is 2.26. The van der Waals surface area contributed by atoms with Crippen molar-refractivity contribution in [2.45, 2.75) is 57.3 Å². The molecule has 3 rings (SSSR count). The summed E-state index contributed by atoms with van der Waals surface area (Å²) in [5.41, 5.74) is 0.607. The molecule has 5 nitrogen and oxygen atoms in total. The van der Waals surface area contributed by atoms with E-state index in [1.165, 1.54) is 25.7 Å². The lowest BCUT2D eigenvalue weighted by Crippen LogP contribution is -2.39. The van der Waals surface area contributed by atoms with Crippen molar-refractivity contribution in [1.29, 1.82) is 0 Å². The fourth-order valence-corrected chi connectivity index (χ4v) is 3.86. The minimum Gasteiger partial charge on any atom is -0.342 e. The van der Waals surface area contributed by atoms with Gasteiger partial charge in [0.25, 0.3) is 0 Å². The van der Waals surface area contributed by atoms with Gasteiger partial charge < -0.3 is 9.88 Å². The average molecular weight is 303 g/mol. The van der Waals surface area contributed by atoms with Crippen molar-refractivity contribution in [2.24, 2.45) is 5.92 Å². The van der Waals surface area contributed by atoms with E-state index in [0.29, 0.717) is 6.42 Å². The van der Waals surface area contributed by atoms with Crippen LogP contribution >= 0.6 is 0 Å². The van der Waals surface area contributed by atoms with Crippen molar-refractivity contribution < 1.29 is 4.79 Å². The quantitative estimate of drug-likeness (QED) is 0.929. The number of H-pyrrole nitrogens is 1. The highest BCUT2D eigenvalue weighted by molar-refractivity contribution is 5.76. The molecule has 1 atom stereocenters. The molecule has 0 spiro atoms. The molecule has 5 heteroatoms. The van der Waals surface area contributed by atoms with Crippen molar-refractivity contribution in [2.75, 3.05) is 13.1 Å². The van der Waals surface area contributed by atoms with E-state index >= 15 is 0 Å². The number of nitrogens with one attached hydrogen (secondary N) is 1. The first-order valence-corrected chi connectivity index (χ1v) is 8.55. The van der Waals surface area contributed by atoms with Gasteiger partial charge in [0, 0.05) is 37.3 Å². The highest BCUT2D eigenvalue weighted by Crippen LogP contribution is 2.30. The van der Waals surface area contributed by atoms with Gasteiger partial charge >= 0.3 is 5.69 Å². The number of nitrogens with zero attached hydrogens (tertiary/aromatic N) is 2. The molecule has 1 saturated carbocycles. The van der Waals surface area contributed by atoms with Crippen LogP contribution in [0.2, 0.25) is 0 Å². The van der Waals surface area contributed by atoms with E-state index in [2.05, 4.69) is 9.97 Å². The number of hydrogen-bond acceptors (Lipinski definition) is 3. The standard InChI is InChI=1S/C17H25N3O2/c21-16(8-7-13-4-1-2-5-13)20-11-3-6-14(12-20)15-9-10-18-17(22)19-15/h9-10,13-14H,1-8,11-12H2,(H,18,19,22)/t14-/m1/s1. The maximum atomic E-state index is 12.4. The average Bonchev–Trinajstić information content (AvgIpc) is 3.06. The van der Waals surface area contributed by atoms with Gasteiger partial charge in [0.1, 0.15) is 0 Å². The highest BCUT2D eigenvalue weighted by atomic mass is 16.2. The molecule has 1 aliphatic carbocycles. The van der Waals surface area contributed by atoms with Crippen molar-refractivity contribution in [3.63, 3.8) is 0 Å². The fourth-order valence-electron chi connectivity index (χ4n) is 3.86. The third-order valence-electron chi connectivity index (χ3n) is 5.15. The molecule has 1 saturated heterocycles. The molecule has 1 N–H and O–H groups in total. The molecule has 1 aliphatic heterocycles. The number of aromatic amines is 1. The van der Waals surface area contributed by atoms with E-state index in [0.717, 1.165) is 44.0 Å². The van der Waals surface area contributed by atoms with Crippen LogP contribution in [0.25, 0.3) is 0 Å². The van der Waals surface area contributed by atoms with Gasteiger partial charge in [-0.25, -0.2) is 9.78 Å². The lowest BCUT2D eigenvalue weighted by Gasteiger charge is -2.33. The van der Waals surface area contributed by atoms with Gasteiger partial charge in [-0.2, -0.15) is 0 Å². The zero-order valence-corrected chi connectivity index (χ0v) is 13.1. The summed E-state index contributed by atoms with van der Waals surface area (Å²) in [6.07, 6.45) is 10.6. The van der Waals surface area contributed by atoms with E-state index < -0.39 is 0 Å². The van der Waals surface area contributed by atoms with Crippen LogP contribution in [0, 0.1) is 5.92 Å². The minimum atomic E-state index is -0.304. The Labute approximate surface area is 131 Å². The molecule has 120 valence electrons. The Morgan fingerprint density at radius 1 is 1.27 bits per heavy atom. The molecule has 1 amide bonds. The second kappa shape index (κ2) is 7.07. The number of amides is 1. The number of piperidine rings is 1. The number of carbonyl (C=O) groups is 1. The van der Waals surface area contributed by atoms with Crippen LogP contribution in [0.4, 0.5) is 0 Å². The molecule has 0 radical (unpaired) electrons. The van der Waals surface area contributed by atoms with Crippen molar-refractivity contribution in [1.82, 2.24) is 14.9 Å². The maximum absolute atomic E-state index is 12.4. The van der Waals surface area contributed by atoms with Crippen LogP contribution in [0.15, 0.2) is 17.1 Å². The van der Waals surface area contributed by atoms with Crippen molar-refractivity contribution in [3.8, 4) is 0 Å². The Morgan fingerprint density at radius 3 is 2.86 bits per heavy atom. The molecule has 2 heterocycles. The first-order valence-electron chi connectivity index (χ1n) is 8.55. The number of hydrogen-bond donors (Lipinski definition) is 1. The summed E-state index contributed by atoms with van der Waals surface area (Å²) in [4.78, 5) is 32.3. The molecule has 22 heavy (non-hydrogen) atoms. The number of rotatable bonds is 4. The summed E-state index contributed by atoms with van der Waals surface area (Å²) in [5, 5.41) is 0. The van der Waals surface area contributed by atoms with Gasteiger partial charge in [0.2, 0.25) is 5.91 Å². The SMILES string of the molecule is O=C(CCC1CCCC1)N1CCC[C@@H](c2ccnc(=O)[nH]2)C1. The third kappa shape index (κ3) is 3.76. The largest absolute Gasteiger partial charge is 0.345 e. The van der Waals surface area contributed by atoms with E-state index in [9.17, 15) is 9.59 Å². The molecule has 2 aliphatic rings. The molecule has 1 aromatic rings. The molecule has 2 fully saturated rings. The van der Waals surface area contributed by atoms with E-state index in [1.54, 1.807) is 6.20 Å². The second-order valence-corrected chi connectivity index (χ2v) is 6.70. The van der Waals surface area contributed by atoms with Crippen LogP contribution in [0.3, 0.4) is 0 Å². The van der Waals surface area contributed by atoms with E-state index in [4.69, 9.17) is 0 Å². The van der Waals surface area contributed by atoms with Gasteiger partial charge in [-0.15, -0.1) is 0 Å². The maximum Gasteiger partial charge on any atom is 0.345 e. The van der Waals surface area contributed by atoms with Crippen LogP contribution in [-0.2, 0) is 4.79 Å². The van der Waals surface area contributed by atoms with Crippen LogP contribution in [0.5, 0.6) is 0 Å². The summed E-state index contributed by atoms with van der Waals surface area (Å²) in [5.74, 6) is 1.29. The molecule has 0 bridgehead atoms. The predicted octanol–water partition coefficient (Wildman–Crippen LogP) is 2.45. The van der Waals surface area contributed by atoms with Gasteiger partial charge in [-0.05, 0) is 31.2 Å². The van der Waals surface area contributed by atoms with E-state index in [1.807, 2.05) is 11.0 Å². The molecule has 0 aromatic carbocycles. The topological polar surface area (TPSA) is 66.1 Å². The summed E-state index contributed by atoms with van der Waals surface area (Å²) in [7, 11) is 0. The zero-order chi connectivity index (χ0) is 15.4. The Hall–Kier alpha value is -1.65. The predicted molar refractivity (Wildman–Crippen MR) is 84.6 cm³/mol. The fraction of sp³-hybridized carbons (Fsp3) is 0.706. The first kappa shape index (κ1) is 15.3. The van der Waals surface area contributed by atoms with Crippen molar-refractivity contribution in [3.05, 3.63) is 28.4 Å². The smallest absolute Gasteiger partial charge is 0.342 e. The third-order valence-corrected chi connectivity index (χ3v) is 5.15.